The molecule has 0 amide bonds. The van der Waals surface area contributed by atoms with Crippen LogP contribution in [-0.2, 0) is 0 Å². The second kappa shape index (κ2) is 5.91. The Hall–Kier alpha value is -4.02. The molecule has 0 bridgehead atoms. The van der Waals surface area contributed by atoms with Gasteiger partial charge in [-0.25, -0.2) is 0 Å². The van der Waals surface area contributed by atoms with Crippen LogP contribution in [0.5, 0.6) is 0 Å². The maximum Gasteiger partial charge on any atom is 0.136 e. The Labute approximate surface area is 198 Å². The van der Waals surface area contributed by atoms with E-state index in [1.165, 1.54) is 69.6 Å². The summed E-state index contributed by atoms with van der Waals surface area (Å²) in [6.45, 7) is 0. The maximum absolute atomic E-state index is 3.88. The first-order valence-corrected chi connectivity index (χ1v) is 12.6. The molecule has 2 unspecified atom stereocenters. The van der Waals surface area contributed by atoms with Crippen LogP contribution in [0.4, 0.5) is 11.5 Å². The summed E-state index contributed by atoms with van der Waals surface area (Å²) < 4.78 is 5.16. The quantitative estimate of drug-likeness (QED) is 0.244. The molecule has 1 aliphatic heterocycles. The summed E-state index contributed by atoms with van der Waals surface area (Å²) in [5, 5.41) is 17.0. The molecule has 0 saturated carbocycles. The van der Waals surface area contributed by atoms with Gasteiger partial charge in [0.25, 0.3) is 0 Å². The molecule has 0 radical (unpaired) electrons. The number of nitrogens with zero attached hydrogens (tertiary/aromatic N) is 1. The van der Waals surface area contributed by atoms with E-state index in [4.69, 9.17) is 0 Å². The van der Waals surface area contributed by atoms with E-state index in [0.717, 1.165) is 0 Å². The molecular formula is C30H19N3S. The van der Waals surface area contributed by atoms with Crippen LogP contribution in [0.25, 0.3) is 58.1 Å². The molecule has 2 atom stereocenters. The first-order valence-electron chi connectivity index (χ1n) is 11.8. The molecule has 1 aliphatic carbocycles. The van der Waals surface area contributed by atoms with Gasteiger partial charge in [0.15, 0.2) is 0 Å². The molecule has 9 rings (SSSR count). The van der Waals surface area contributed by atoms with E-state index in [0.29, 0.717) is 0 Å². The number of rotatable bonds is 0. The lowest BCUT2D eigenvalue weighted by Gasteiger charge is -2.33. The van der Waals surface area contributed by atoms with Gasteiger partial charge >= 0.3 is 0 Å². The number of anilines is 2. The van der Waals surface area contributed by atoms with Crippen molar-refractivity contribution in [1.29, 1.82) is 0 Å². The van der Waals surface area contributed by atoms with Crippen LogP contribution < -0.4 is 10.6 Å². The molecule has 3 nitrogen and oxygen atoms in total. The molecule has 2 N–H and O–H groups in total. The topological polar surface area (TPSA) is 28.5 Å². The summed E-state index contributed by atoms with van der Waals surface area (Å²) >= 11 is 1.89. The number of hydrogen-bond acceptors (Lipinski definition) is 3. The second-order valence-corrected chi connectivity index (χ2v) is 10.6. The molecule has 0 fully saturated rings. The molecule has 7 aromatic rings. The minimum atomic E-state index is 0.244. The van der Waals surface area contributed by atoms with Gasteiger partial charge in [-0.15, -0.1) is 11.3 Å². The number of allylic oxidation sites excluding steroid dienone is 2. The summed E-state index contributed by atoms with van der Waals surface area (Å²) in [6.07, 6.45) is 8.79. The van der Waals surface area contributed by atoms with E-state index >= 15 is 0 Å². The fourth-order valence-electron chi connectivity index (χ4n) is 6.26. The Bertz CT molecular complexity index is 2040. The van der Waals surface area contributed by atoms with Crippen LogP contribution in [0.3, 0.4) is 0 Å². The molecule has 4 heterocycles. The van der Waals surface area contributed by atoms with Crippen LogP contribution in [-0.4, -0.2) is 16.5 Å². The molecule has 34 heavy (non-hydrogen) atoms. The lowest BCUT2D eigenvalue weighted by molar-refractivity contribution is 0.760. The predicted octanol–water partition coefficient (Wildman–Crippen LogP) is 7.91. The summed E-state index contributed by atoms with van der Waals surface area (Å²) in [6, 6.07) is 25.3. The zero-order chi connectivity index (χ0) is 22.0. The van der Waals surface area contributed by atoms with E-state index in [9.17, 15) is 0 Å². The Morgan fingerprint density at radius 1 is 0.676 bits per heavy atom. The third-order valence-corrected chi connectivity index (χ3v) is 8.86. The standard InChI is InChI=1S/C30H19N3S/c1-2-8-17-16(7-1)13-21-28-30(32-23-11-5-4-10-22(23)31-28)33-24-15-26-19(14-20(24)27(17)29(21)33)18-9-3-6-12-25(18)34-26/h1-15,22-23,31-32H. The van der Waals surface area contributed by atoms with E-state index in [-0.39, 0.29) is 12.1 Å². The number of aromatic nitrogens is 1. The van der Waals surface area contributed by atoms with Gasteiger partial charge in [0.1, 0.15) is 5.82 Å². The Morgan fingerprint density at radius 2 is 1.47 bits per heavy atom. The predicted molar refractivity (Wildman–Crippen MR) is 147 cm³/mol. The molecule has 4 heteroatoms. The van der Waals surface area contributed by atoms with Crippen molar-refractivity contribution in [2.24, 2.45) is 0 Å². The lowest BCUT2D eigenvalue weighted by atomic mass is 9.98. The molecule has 4 aromatic carbocycles. The monoisotopic (exact) mass is 453 g/mol. The van der Waals surface area contributed by atoms with Gasteiger partial charge in [0.2, 0.25) is 0 Å². The first kappa shape index (κ1) is 17.5. The summed E-state index contributed by atoms with van der Waals surface area (Å²) in [4.78, 5) is 0. The van der Waals surface area contributed by atoms with Gasteiger partial charge in [-0.2, -0.15) is 0 Å². The zero-order valence-electron chi connectivity index (χ0n) is 18.2. The molecule has 2 aliphatic rings. The van der Waals surface area contributed by atoms with Crippen molar-refractivity contribution in [3.8, 4) is 0 Å². The van der Waals surface area contributed by atoms with Crippen molar-refractivity contribution in [2.75, 3.05) is 10.6 Å². The Kier molecular flexibility index (Phi) is 3.03. The Morgan fingerprint density at radius 3 is 2.38 bits per heavy atom. The van der Waals surface area contributed by atoms with Crippen LogP contribution in [0.1, 0.15) is 0 Å². The third kappa shape index (κ3) is 2.00. The summed E-state index contributed by atoms with van der Waals surface area (Å²) in [5.74, 6) is 1.17. The van der Waals surface area contributed by atoms with Gasteiger partial charge in [-0.3, -0.25) is 4.40 Å². The second-order valence-electron chi connectivity index (χ2n) is 9.50. The van der Waals surface area contributed by atoms with E-state index in [1.807, 2.05) is 11.3 Å². The number of thiophene rings is 1. The highest BCUT2D eigenvalue weighted by molar-refractivity contribution is 7.25. The molecule has 0 saturated heterocycles. The first-order chi connectivity index (χ1) is 16.8. The summed E-state index contributed by atoms with van der Waals surface area (Å²) in [7, 11) is 0. The van der Waals surface area contributed by atoms with Crippen LogP contribution in [0, 0.1) is 0 Å². The maximum atomic E-state index is 3.88. The highest BCUT2D eigenvalue weighted by Crippen LogP contribution is 2.49. The zero-order valence-corrected chi connectivity index (χ0v) is 19.0. The number of fused-ring (bicyclic) bond motifs is 12. The number of nitrogens with one attached hydrogen (secondary N) is 2. The van der Waals surface area contributed by atoms with Crippen molar-refractivity contribution in [3.05, 3.63) is 91.0 Å². The highest BCUT2D eigenvalue weighted by atomic mass is 32.1. The lowest BCUT2D eigenvalue weighted by Crippen LogP contribution is -2.41. The van der Waals surface area contributed by atoms with Crippen molar-refractivity contribution in [1.82, 2.24) is 4.40 Å². The Balaban J connectivity index is 1.52. The summed E-state index contributed by atoms with van der Waals surface area (Å²) in [5.41, 5.74) is 3.80. The largest absolute Gasteiger partial charge is 0.373 e. The van der Waals surface area contributed by atoms with Gasteiger partial charge in [-0.05, 0) is 35.0 Å². The van der Waals surface area contributed by atoms with Gasteiger partial charge in [0, 0.05) is 36.3 Å². The normalized spacial score (nSPS) is 19.4. The van der Waals surface area contributed by atoms with Crippen molar-refractivity contribution in [3.63, 3.8) is 0 Å². The van der Waals surface area contributed by atoms with Crippen LogP contribution in [0.2, 0.25) is 0 Å². The van der Waals surface area contributed by atoms with Crippen LogP contribution >= 0.6 is 11.3 Å². The average molecular weight is 454 g/mol. The van der Waals surface area contributed by atoms with Crippen LogP contribution in [0.15, 0.2) is 91.0 Å². The van der Waals surface area contributed by atoms with E-state index < -0.39 is 0 Å². The van der Waals surface area contributed by atoms with Crippen molar-refractivity contribution >= 4 is 81.0 Å². The smallest absolute Gasteiger partial charge is 0.136 e. The molecular weight excluding hydrogens is 434 g/mol. The van der Waals surface area contributed by atoms with Gasteiger partial charge in [0.05, 0.1) is 28.8 Å². The fraction of sp³-hybridized carbons (Fsp3) is 0.0667. The number of benzene rings is 4. The number of hydrogen-bond donors (Lipinski definition) is 2. The highest BCUT2D eigenvalue weighted by Gasteiger charge is 2.32. The van der Waals surface area contributed by atoms with Gasteiger partial charge in [-0.1, -0.05) is 66.8 Å². The SMILES string of the molecule is C1=CC2Nc3c(n4c5cc6sc7ccccc7c6cc5c5c6ccccc6cc3c54)NC2C=C1. The molecule has 3 aromatic heterocycles. The third-order valence-electron chi connectivity index (χ3n) is 7.73. The van der Waals surface area contributed by atoms with Crippen molar-refractivity contribution in [2.45, 2.75) is 12.1 Å². The molecule has 0 spiro atoms. The van der Waals surface area contributed by atoms with E-state index in [2.05, 4.69) is 106 Å². The average Bonchev–Trinajstić information content (AvgIpc) is 3.51. The molecule has 160 valence electrons. The minimum Gasteiger partial charge on any atom is -0.373 e. The minimum absolute atomic E-state index is 0.244. The van der Waals surface area contributed by atoms with E-state index in [1.54, 1.807) is 0 Å². The van der Waals surface area contributed by atoms with Crippen molar-refractivity contribution < 1.29 is 0 Å². The van der Waals surface area contributed by atoms with Gasteiger partial charge < -0.3 is 10.6 Å². The fourth-order valence-corrected chi connectivity index (χ4v) is 7.38.